The summed E-state index contributed by atoms with van der Waals surface area (Å²) in [4.78, 5) is 24.5. The van der Waals surface area contributed by atoms with Gasteiger partial charge in [-0.25, -0.2) is 0 Å². The summed E-state index contributed by atoms with van der Waals surface area (Å²) in [6.07, 6.45) is 0. The lowest BCUT2D eigenvalue weighted by Crippen LogP contribution is -2.41. The van der Waals surface area contributed by atoms with Crippen LogP contribution >= 0.6 is 22.6 Å². The van der Waals surface area contributed by atoms with Gasteiger partial charge in [-0.2, -0.15) is 0 Å². The molecule has 3 aromatic carbocycles. The molecule has 3 rings (SSSR count). The van der Waals surface area contributed by atoms with Crippen molar-refractivity contribution in [1.29, 1.82) is 0 Å². The third kappa shape index (κ3) is 6.21. The standard InChI is InChI=1S/C22H19IN2O4/c23-20-12-5-4-11-19(20)22(27)25-24-21(26)16-7-6-10-18(15-16)29-14-13-28-17-8-2-1-3-9-17/h1-12,15H,13-14H2,(H,24,26)(H,25,27). The van der Waals surface area contributed by atoms with E-state index in [1.165, 1.54) is 0 Å². The molecular weight excluding hydrogens is 483 g/mol. The highest BCUT2D eigenvalue weighted by atomic mass is 127. The van der Waals surface area contributed by atoms with Crippen LogP contribution in [0.4, 0.5) is 0 Å². The monoisotopic (exact) mass is 502 g/mol. The summed E-state index contributed by atoms with van der Waals surface area (Å²) < 4.78 is 12.0. The molecule has 0 aromatic heterocycles. The minimum atomic E-state index is -0.435. The van der Waals surface area contributed by atoms with Gasteiger partial charge in [-0.3, -0.25) is 20.4 Å². The molecule has 2 amide bonds. The van der Waals surface area contributed by atoms with E-state index in [1.54, 1.807) is 36.4 Å². The van der Waals surface area contributed by atoms with E-state index in [9.17, 15) is 9.59 Å². The van der Waals surface area contributed by atoms with Crippen LogP contribution in [-0.2, 0) is 0 Å². The minimum Gasteiger partial charge on any atom is -0.490 e. The third-order valence-corrected chi connectivity index (χ3v) is 4.81. The molecule has 6 nitrogen and oxygen atoms in total. The van der Waals surface area contributed by atoms with Crippen LogP contribution in [0.2, 0.25) is 0 Å². The van der Waals surface area contributed by atoms with E-state index in [4.69, 9.17) is 9.47 Å². The number of carbonyl (C=O) groups is 2. The predicted octanol–water partition coefficient (Wildman–Crippen LogP) is 3.82. The van der Waals surface area contributed by atoms with E-state index >= 15 is 0 Å². The second-order valence-electron chi connectivity index (χ2n) is 5.93. The van der Waals surface area contributed by atoms with E-state index < -0.39 is 5.91 Å². The van der Waals surface area contributed by atoms with E-state index in [1.807, 2.05) is 42.5 Å². The van der Waals surface area contributed by atoms with Crippen molar-refractivity contribution < 1.29 is 19.1 Å². The molecule has 0 fully saturated rings. The first-order chi connectivity index (χ1) is 14.1. The smallest absolute Gasteiger partial charge is 0.270 e. The Balaban J connectivity index is 1.48. The zero-order chi connectivity index (χ0) is 20.5. The average molecular weight is 502 g/mol. The summed E-state index contributed by atoms with van der Waals surface area (Å²) in [5, 5.41) is 0. The summed E-state index contributed by atoms with van der Waals surface area (Å²) in [6, 6.07) is 23.3. The van der Waals surface area contributed by atoms with Gasteiger partial charge in [0.15, 0.2) is 0 Å². The Bertz CT molecular complexity index is 979. The van der Waals surface area contributed by atoms with Crippen molar-refractivity contribution in [3.63, 3.8) is 0 Å². The average Bonchev–Trinajstić information content (AvgIpc) is 2.76. The molecule has 148 valence electrons. The molecule has 0 radical (unpaired) electrons. The molecule has 0 bridgehead atoms. The van der Waals surface area contributed by atoms with Gasteiger partial charge in [-0.05, 0) is 65.1 Å². The Morgan fingerprint density at radius 3 is 2.10 bits per heavy atom. The molecular formula is C22H19IN2O4. The first-order valence-electron chi connectivity index (χ1n) is 8.89. The third-order valence-electron chi connectivity index (χ3n) is 3.87. The number of halogens is 1. The highest BCUT2D eigenvalue weighted by molar-refractivity contribution is 14.1. The minimum absolute atomic E-state index is 0.336. The number of rotatable bonds is 7. The zero-order valence-corrected chi connectivity index (χ0v) is 17.6. The summed E-state index contributed by atoms with van der Waals surface area (Å²) in [5.74, 6) is 0.496. The van der Waals surface area contributed by atoms with Crippen LogP contribution in [0.25, 0.3) is 0 Å². The van der Waals surface area contributed by atoms with Crippen molar-refractivity contribution in [1.82, 2.24) is 10.9 Å². The molecule has 0 saturated heterocycles. The number of para-hydroxylation sites is 1. The number of nitrogens with one attached hydrogen (secondary N) is 2. The van der Waals surface area contributed by atoms with Crippen LogP contribution in [-0.4, -0.2) is 25.0 Å². The predicted molar refractivity (Wildman–Crippen MR) is 118 cm³/mol. The van der Waals surface area contributed by atoms with Crippen molar-refractivity contribution in [2.75, 3.05) is 13.2 Å². The second-order valence-corrected chi connectivity index (χ2v) is 7.09. The fourth-order valence-corrected chi connectivity index (χ4v) is 3.09. The van der Waals surface area contributed by atoms with Gasteiger partial charge in [-0.1, -0.05) is 36.4 Å². The van der Waals surface area contributed by atoms with Crippen molar-refractivity contribution in [3.8, 4) is 11.5 Å². The Kier molecular flexibility index (Phi) is 7.46. The van der Waals surface area contributed by atoms with Gasteiger partial charge in [0.1, 0.15) is 24.7 Å². The van der Waals surface area contributed by atoms with E-state index in [2.05, 4.69) is 33.4 Å². The summed E-state index contributed by atoms with van der Waals surface area (Å²) >= 11 is 2.07. The fourth-order valence-electron chi connectivity index (χ4n) is 2.46. The molecule has 2 N–H and O–H groups in total. The SMILES string of the molecule is O=C(NNC(=O)c1ccccc1I)c1cccc(OCCOc2ccccc2)c1. The molecule has 0 heterocycles. The normalized spacial score (nSPS) is 10.1. The molecule has 0 unspecified atom stereocenters. The van der Waals surface area contributed by atoms with E-state index in [0.717, 1.165) is 9.32 Å². The highest BCUT2D eigenvalue weighted by Crippen LogP contribution is 2.14. The Morgan fingerprint density at radius 2 is 1.34 bits per heavy atom. The van der Waals surface area contributed by atoms with E-state index in [0.29, 0.717) is 30.1 Å². The number of amides is 2. The molecule has 0 spiro atoms. The van der Waals surface area contributed by atoms with Gasteiger partial charge >= 0.3 is 0 Å². The molecule has 0 atom stereocenters. The largest absolute Gasteiger partial charge is 0.490 e. The first-order valence-corrected chi connectivity index (χ1v) is 9.97. The summed E-state index contributed by atoms with van der Waals surface area (Å²) in [5.41, 5.74) is 5.70. The molecule has 0 aliphatic carbocycles. The van der Waals surface area contributed by atoms with Gasteiger partial charge in [-0.15, -0.1) is 0 Å². The second kappa shape index (κ2) is 10.5. The van der Waals surface area contributed by atoms with Crippen molar-refractivity contribution in [3.05, 3.63) is 93.6 Å². The maximum Gasteiger partial charge on any atom is 0.270 e. The topological polar surface area (TPSA) is 76.7 Å². The Labute approximate surface area is 182 Å². The van der Waals surface area contributed by atoms with Gasteiger partial charge in [0.2, 0.25) is 0 Å². The molecule has 7 heteroatoms. The number of benzene rings is 3. The quantitative estimate of drug-likeness (QED) is 0.293. The van der Waals surface area contributed by atoms with Crippen LogP contribution < -0.4 is 20.3 Å². The summed E-state index contributed by atoms with van der Waals surface area (Å²) in [6.45, 7) is 0.718. The number of hydrazine groups is 1. The van der Waals surface area contributed by atoms with Crippen molar-refractivity contribution in [2.24, 2.45) is 0 Å². The number of carbonyl (C=O) groups excluding carboxylic acids is 2. The van der Waals surface area contributed by atoms with Crippen molar-refractivity contribution in [2.45, 2.75) is 0 Å². The maximum atomic E-state index is 12.3. The van der Waals surface area contributed by atoms with E-state index in [-0.39, 0.29) is 5.91 Å². The molecule has 29 heavy (non-hydrogen) atoms. The number of hydrogen-bond acceptors (Lipinski definition) is 4. The number of ether oxygens (including phenoxy) is 2. The van der Waals surface area contributed by atoms with Gasteiger partial charge < -0.3 is 9.47 Å². The lowest BCUT2D eigenvalue weighted by atomic mass is 10.2. The highest BCUT2D eigenvalue weighted by Gasteiger charge is 2.12. The van der Waals surface area contributed by atoms with Gasteiger partial charge in [0, 0.05) is 9.13 Å². The lowest BCUT2D eigenvalue weighted by Gasteiger charge is -2.11. The lowest BCUT2D eigenvalue weighted by molar-refractivity contribution is 0.0846. The van der Waals surface area contributed by atoms with Crippen LogP contribution in [0, 0.1) is 3.57 Å². The Morgan fingerprint density at radius 1 is 0.724 bits per heavy atom. The van der Waals surface area contributed by atoms with Gasteiger partial charge in [0.05, 0.1) is 5.56 Å². The summed E-state index contributed by atoms with van der Waals surface area (Å²) in [7, 11) is 0. The van der Waals surface area contributed by atoms with Crippen LogP contribution in [0.15, 0.2) is 78.9 Å². The molecule has 0 aliphatic rings. The molecule has 0 saturated carbocycles. The first kappa shape index (κ1) is 20.7. The van der Waals surface area contributed by atoms with Crippen molar-refractivity contribution >= 4 is 34.4 Å². The maximum absolute atomic E-state index is 12.3. The molecule has 3 aromatic rings. The number of hydrogen-bond donors (Lipinski definition) is 2. The zero-order valence-electron chi connectivity index (χ0n) is 15.4. The Hall–Kier alpha value is -3.07. The fraction of sp³-hybridized carbons (Fsp3) is 0.0909. The van der Waals surface area contributed by atoms with Crippen LogP contribution in [0.1, 0.15) is 20.7 Å². The van der Waals surface area contributed by atoms with Gasteiger partial charge in [0.25, 0.3) is 11.8 Å². The van der Waals surface area contributed by atoms with Crippen LogP contribution in [0.5, 0.6) is 11.5 Å². The van der Waals surface area contributed by atoms with Crippen LogP contribution in [0.3, 0.4) is 0 Å². The molecule has 0 aliphatic heterocycles.